The van der Waals surface area contributed by atoms with Crippen LogP contribution >= 0.6 is 15.9 Å². The van der Waals surface area contributed by atoms with Crippen LogP contribution in [0.1, 0.15) is 31.6 Å². The van der Waals surface area contributed by atoms with E-state index in [4.69, 9.17) is 9.15 Å². The van der Waals surface area contributed by atoms with Crippen molar-refractivity contribution in [2.45, 2.75) is 32.0 Å². The molecule has 0 saturated heterocycles. The van der Waals surface area contributed by atoms with E-state index in [1.165, 1.54) is 0 Å². The molecular weight excluding hydrogens is 260 g/mol. The maximum absolute atomic E-state index is 10.1. The Morgan fingerprint density at radius 2 is 2.40 bits per heavy atom. The number of ether oxygens (including phenoxy) is 1. The molecule has 1 fully saturated rings. The molecule has 0 spiro atoms. The minimum absolute atomic E-state index is 0.127. The number of halogens is 1. The molecule has 0 bridgehead atoms. The van der Waals surface area contributed by atoms with Crippen LogP contribution in [0.25, 0.3) is 0 Å². The maximum atomic E-state index is 10.1. The van der Waals surface area contributed by atoms with Gasteiger partial charge >= 0.3 is 0 Å². The summed E-state index contributed by atoms with van der Waals surface area (Å²) in [6.45, 7) is 2.57. The second-order valence-corrected chi connectivity index (χ2v) is 4.69. The topological polar surface area (TPSA) is 42.6 Å². The molecule has 0 aliphatic heterocycles. The zero-order chi connectivity index (χ0) is 10.8. The van der Waals surface area contributed by atoms with E-state index < -0.39 is 6.10 Å². The van der Waals surface area contributed by atoms with Crippen LogP contribution in [-0.4, -0.2) is 17.8 Å². The predicted octanol–water partition coefficient (Wildman–Crippen LogP) is 2.89. The molecule has 1 saturated carbocycles. The fraction of sp³-hybridized carbons (Fsp3) is 0.636. The van der Waals surface area contributed by atoms with Crippen LogP contribution < -0.4 is 0 Å². The summed E-state index contributed by atoms with van der Waals surface area (Å²) < 4.78 is 11.6. The summed E-state index contributed by atoms with van der Waals surface area (Å²) in [7, 11) is 0. The third-order valence-corrected chi connectivity index (χ3v) is 3.33. The second kappa shape index (κ2) is 4.68. The average Bonchev–Trinajstić information content (AvgIpc) is 2.97. The minimum Gasteiger partial charge on any atom is -0.465 e. The van der Waals surface area contributed by atoms with Gasteiger partial charge in [0.2, 0.25) is 0 Å². The van der Waals surface area contributed by atoms with Gasteiger partial charge in [0.15, 0.2) is 0 Å². The lowest BCUT2D eigenvalue weighted by atomic mass is 10.1. The first-order valence-electron chi connectivity index (χ1n) is 5.26. The molecule has 84 valence electrons. The molecule has 1 aliphatic rings. The number of furan rings is 1. The first-order chi connectivity index (χ1) is 7.24. The Balaban J connectivity index is 2.10. The normalized spacial score (nSPS) is 20.2. The van der Waals surface area contributed by atoms with Crippen molar-refractivity contribution in [3.05, 3.63) is 22.6 Å². The molecule has 2 unspecified atom stereocenters. The lowest BCUT2D eigenvalue weighted by molar-refractivity contribution is -0.0546. The van der Waals surface area contributed by atoms with E-state index in [0.717, 1.165) is 17.3 Å². The Kier molecular flexibility index (Phi) is 3.49. The SMILES string of the molecule is CCOC(C1CC1)C(O)c1occc1Br. The Hall–Kier alpha value is -0.320. The van der Waals surface area contributed by atoms with Crippen LogP contribution in [0.5, 0.6) is 0 Å². The molecule has 15 heavy (non-hydrogen) atoms. The maximum Gasteiger partial charge on any atom is 0.149 e. The van der Waals surface area contributed by atoms with Gasteiger partial charge in [-0.2, -0.15) is 0 Å². The minimum atomic E-state index is -0.665. The summed E-state index contributed by atoms with van der Waals surface area (Å²) >= 11 is 3.35. The van der Waals surface area contributed by atoms with Crippen molar-refractivity contribution in [1.29, 1.82) is 0 Å². The van der Waals surface area contributed by atoms with Gasteiger partial charge in [0, 0.05) is 6.61 Å². The van der Waals surface area contributed by atoms with Gasteiger partial charge in [-0.3, -0.25) is 0 Å². The average molecular weight is 275 g/mol. The highest BCUT2D eigenvalue weighted by molar-refractivity contribution is 9.10. The van der Waals surface area contributed by atoms with E-state index in [1.54, 1.807) is 12.3 Å². The van der Waals surface area contributed by atoms with Gasteiger partial charge in [0.05, 0.1) is 16.8 Å². The fourth-order valence-corrected chi connectivity index (χ4v) is 2.20. The van der Waals surface area contributed by atoms with E-state index in [0.29, 0.717) is 18.3 Å². The van der Waals surface area contributed by atoms with Gasteiger partial charge in [-0.05, 0) is 47.7 Å². The lowest BCUT2D eigenvalue weighted by Gasteiger charge is -2.21. The number of hydrogen-bond donors (Lipinski definition) is 1. The molecule has 1 aromatic rings. The monoisotopic (exact) mass is 274 g/mol. The summed E-state index contributed by atoms with van der Waals surface area (Å²) in [6, 6.07) is 1.79. The van der Waals surface area contributed by atoms with Crippen LogP contribution in [-0.2, 0) is 4.74 Å². The Morgan fingerprint density at radius 1 is 1.67 bits per heavy atom. The number of hydrogen-bond acceptors (Lipinski definition) is 3. The van der Waals surface area contributed by atoms with Gasteiger partial charge in [-0.15, -0.1) is 0 Å². The highest BCUT2D eigenvalue weighted by Crippen LogP contribution is 2.41. The second-order valence-electron chi connectivity index (χ2n) is 3.84. The summed E-state index contributed by atoms with van der Waals surface area (Å²) in [6.07, 6.45) is 3.05. The van der Waals surface area contributed by atoms with Crippen molar-refractivity contribution in [1.82, 2.24) is 0 Å². The molecule has 1 aliphatic carbocycles. The first kappa shape index (κ1) is 11.2. The quantitative estimate of drug-likeness (QED) is 0.898. The smallest absolute Gasteiger partial charge is 0.149 e. The van der Waals surface area contributed by atoms with Crippen molar-refractivity contribution in [2.75, 3.05) is 6.61 Å². The van der Waals surface area contributed by atoms with E-state index in [2.05, 4.69) is 15.9 Å². The Labute approximate surface area is 97.5 Å². The largest absolute Gasteiger partial charge is 0.465 e. The van der Waals surface area contributed by atoms with E-state index in [1.807, 2.05) is 6.92 Å². The number of aliphatic hydroxyl groups is 1. The van der Waals surface area contributed by atoms with Crippen LogP contribution in [0, 0.1) is 5.92 Å². The van der Waals surface area contributed by atoms with Crippen LogP contribution in [0.4, 0.5) is 0 Å². The van der Waals surface area contributed by atoms with Crippen LogP contribution in [0.2, 0.25) is 0 Å². The molecule has 1 heterocycles. The third-order valence-electron chi connectivity index (χ3n) is 2.67. The molecule has 1 aromatic heterocycles. The zero-order valence-electron chi connectivity index (χ0n) is 8.65. The highest BCUT2D eigenvalue weighted by Gasteiger charge is 2.39. The first-order valence-corrected chi connectivity index (χ1v) is 6.06. The van der Waals surface area contributed by atoms with Crippen molar-refractivity contribution in [3.63, 3.8) is 0 Å². The van der Waals surface area contributed by atoms with Crippen LogP contribution in [0.3, 0.4) is 0 Å². The summed E-state index contributed by atoms with van der Waals surface area (Å²) in [5.41, 5.74) is 0. The molecule has 2 atom stereocenters. The molecule has 0 amide bonds. The fourth-order valence-electron chi connectivity index (χ4n) is 1.77. The molecule has 2 rings (SSSR count). The van der Waals surface area contributed by atoms with Crippen molar-refractivity contribution in [3.8, 4) is 0 Å². The molecule has 3 nitrogen and oxygen atoms in total. The van der Waals surface area contributed by atoms with Gasteiger partial charge in [-0.25, -0.2) is 0 Å². The van der Waals surface area contributed by atoms with Gasteiger partial charge in [0.1, 0.15) is 11.9 Å². The molecule has 4 heteroatoms. The van der Waals surface area contributed by atoms with Gasteiger partial charge < -0.3 is 14.3 Å². The predicted molar refractivity (Wildman–Crippen MR) is 59.5 cm³/mol. The highest BCUT2D eigenvalue weighted by atomic mass is 79.9. The summed E-state index contributed by atoms with van der Waals surface area (Å²) in [5.74, 6) is 1.05. The van der Waals surface area contributed by atoms with E-state index >= 15 is 0 Å². The van der Waals surface area contributed by atoms with E-state index in [-0.39, 0.29) is 6.10 Å². The van der Waals surface area contributed by atoms with Gasteiger partial charge in [-0.1, -0.05) is 0 Å². The third kappa shape index (κ3) is 2.44. The molecule has 0 radical (unpaired) electrons. The standard InChI is InChI=1S/C11H15BrO3/c1-2-14-10(7-3-4-7)9(13)11-8(12)5-6-15-11/h5-7,9-10,13H,2-4H2,1H3. The zero-order valence-corrected chi connectivity index (χ0v) is 10.2. The number of aliphatic hydroxyl groups excluding tert-OH is 1. The van der Waals surface area contributed by atoms with Gasteiger partial charge in [0.25, 0.3) is 0 Å². The van der Waals surface area contributed by atoms with Crippen LogP contribution in [0.15, 0.2) is 21.2 Å². The van der Waals surface area contributed by atoms with E-state index in [9.17, 15) is 5.11 Å². The van der Waals surface area contributed by atoms with Crippen molar-refractivity contribution >= 4 is 15.9 Å². The molecule has 1 N–H and O–H groups in total. The summed E-state index contributed by atoms with van der Waals surface area (Å²) in [5, 5.41) is 10.1. The Morgan fingerprint density at radius 3 is 2.87 bits per heavy atom. The van der Waals surface area contributed by atoms with Crippen molar-refractivity contribution < 1.29 is 14.3 Å². The Bertz CT molecular complexity index is 319. The lowest BCUT2D eigenvalue weighted by Crippen LogP contribution is -2.24. The molecule has 0 aromatic carbocycles. The van der Waals surface area contributed by atoms with Crippen molar-refractivity contribution in [2.24, 2.45) is 5.92 Å². The molecular formula is C11H15BrO3. The number of rotatable bonds is 5. The summed E-state index contributed by atoms with van der Waals surface area (Å²) in [4.78, 5) is 0.